The second-order valence-corrected chi connectivity index (χ2v) is 5.48. The molecule has 0 bridgehead atoms. The highest BCUT2D eigenvalue weighted by Crippen LogP contribution is 2.09. The van der Waals surface area contributed by atoms with Gasteiger partial charge in [0, 0.05) is 25.2 Å². The molecule has 0 unspecified atom stereocenters. The van der Waals surface area contributed by atoms with E-state index in [0.717, 1.165) is 24.1 Å². The maximum atomic E-state index is 4.46. The van der Waals surface area contributed by atoms with Gasteiger partial charge in [-0.2, -0.15) is 0 Å². The number of aromatic nitrogens is 3. The Hall–Kier alpha value is -1.75. The summed E-state index contributed by atoms with van der Waals surface area (Å²) in [4.78, 5) is 6.89. The Balaban J connectivity index is 1.95. The van der Waals surface area contributed by atoms with Crippen LogP contribution >= 0.6 is 0 Å². The lowest BCUT2D eigenvalue weighted by Crippen LogP contribution is -2.40. The first-order valence-electron chi connectivity index (χ1n) is 7.17. The number of hydrogen-bond acceptors (Lipinski definition) is 5. The number of nitrogens with zero attached hydrogens (tertiary/aromatic N) is 4. The molecule has 0 amide bonds. The lowest BCUT2D eigenvalue weighted by molar-refractivity contribution is 0.182. The normalized spacial score (nSPS) is 11.8. The van der Waals surface area contributed by atoms with Crippen molar-refractivity contribution in [1.29, 1.82) is 0 Å². The predicted molar refractivity (Wildman–Crippen MR) is 82.8 cm³/mol. The van der Waals surface area contributed by atoms with Gasteiger partial charge in [-0.3, -0.25) is 4.90 Å². The van der Waals surface area contributed by atoms with Gasteiger partial charge in [-0.25, -0.2) is 4.98 Å². The van der Waals surface area contributed by atoms with Gasteiger partial charge >= 0.3 is 0 Å². The molecule has 1 aromatic carbocycles. The van der Waals surface area contributed by atoms with Gasteiger partial charge < -0.3 is 5.32 Å². The van der Waals surface area contributed by atoms with E-state index in [-0.39, 0.29) is 0 Å². The van der Waals surface area contributed by atoms with Gasteiger partial charge in [-0.05, 0) is 39.8 Å². The molecule has 5 nitrogen and oxygen atoms in total. The van der Waals surface area contributed by atoms with Crippen molar-refractivity contribution in [2.24, 2.45) is 0 Å². The van der Waals surface area contributed by atoms with Crippen LogP contribution in [0, 0.1) is 0 Å². The van der Waals surface area contributed by atoms with Crippen molar-refractivity contribution in [3.63, 3.8) is 0 Å². The Bertz CT molecular complexity index is 545. The second-order valence-electron chi connectivity index (χ2n) is 5.48. The highest BCUT2D eigenvalue weighted by atomic mass is 15.3. The number of benzene rings is 1. The van der Waals surface area contributed by atoms with Crippen LogP contribution in [-0.4, -0.2) is 45.3 Å². The summed E-state index contributed by atoms with van der Waals surface area (Å²) in [6, 6.07) is 8.83. The molecule has 2 rings (SSSR count). The van der Waals surface area contributed by atoms with Crippen molar-refractivity contribution in [1.82, 2.24) is 20.1 Å². The minimum Gasteiger partial charge on any atom is -0.352 e. The molecule has 1 N–H and O–H groups in total. The first-order chi connectivity index (χ1) is 9.58. The van der Waals surface area contributed by atoms with E-state index in [9.17, 15) is 0 Å². The highest BCUT2D eigenvalue weighted by Gasteiger charge is 2.12. The average Bonchev–Trinajstić information content (AvgIpc) is 2.42. The van der Waals surface area contributed by atoms with Crippen molar-refractivity contribution in [3.05, 3.63) is 24.3 Å². The van der Waals surface area contributed by atoms with Crippen molar-refractivity contribution in [2.75, 3.05) is 18.4 Å². The van der Waals surface area contributed by atoms with Crippen molar-refractivity contribution < 1.29 is 0 Å². The summed E-state index contributed by atoms with van der Waals surface area (Å²) in [7, 11) is 0. The molecule has 1 aromatic heterocycles. The van der Waals surface area contributed by atoms with Crippen LogP contribution in [0.5, 0.6) is 0 Å². The number of anilines is 1. The molecule has 0 radical (unpaired) electrons. The van der Waals surface area contributed by atoms with E-state index in [4.69, 9.17) is 0 Å². The third-order valence-electron chi connectivity index (χ3n) is 3.34. The number of fused-ring (bicyclic) bond motifs is 1. The average molecular weight is 273 g/mol. The van der Waals surface area contributed by atoms with Gasteiger partial charge in [0.25, 0.3) is 0 Å². The van der Waals surface area contributed by atoms with Crippen LogP contribution in [0.4, 0.5) is 5.95 Å². The molecule has 2 aromatic rings. The third kappa shape index (κ3) is 3.63. The molecule has 20 heavy (non-hydrogen) atoms. The highest BCUT2D eigenvalue weighted by molar-refractivity contribution is 5.73. The maximum Gasteiger partial charge on any atom is 0.243 e. The summed E-state index contributed by atoms with van der Waals surface area (Å²) in [5.41, 5.74) is 1.69. The molecule has 0 aliphatic rings. The molecular weight excluding hydrogens is 250 g/mol. The van der Waals surface area contributed by atoms with Gasteiger partial charge in [-0.15, -0.1) is 10.2 Å². The molecule has 0 saturated carbocycles. The zero-order chi connectivity index (χ0) is 14.5. The van der Waals surface area contributed by atoms with E-state index in [2.05, 4.69) is 53.1 Å². The fraction of sp³-hybridized carbons (Fsp3) is 0.533. The SMILES string of the molecule is CC(C)N(CCNc1nnc2ccccc2n1)C(C)C. The van der Waals surface area contributed by atoms with E-state index in [1.54, 1.807) is 0 Å². The van der Waals surface area contributed by atoms with Gasteiger partial charge in [0.15, 0.2) is 0 Å². The lowest BCUT2D eigenvalue weighted by Gasteiger charge is -2.30. The summed E-state index contributed by atoms with van der Waals surface area (Å²) >= 11 is 0. The molecule has 0 atom stereocenters. The van der Waals surface area contributed by atoms with Crippen LogP contribution < -0.4 is 5.32 Å². The molecule has 0 aliphatic heterocycles. The van der Waals surface area contributed by atoms with Crippen molar-refractivity contribution >= 4 is 17.0 Å². The largest absolute Gasteiger partial charge is 0.352 e. The first-order valence-corrected chi connectivity index (χ1v) is 7.17. The molecule has 0 spiro atoms. The molecular formula is C15H23N5. The number of rotatable bonds is 6. The van der Waals surface area contributed by atoms with Crippen LogP contribution in [0.25, 0.3) is 11.0 Å². The molecule has 1 heterocycles. The zero-order valence-corrected chi connectivity index (χ0v) is 12.7. The fourth-order valence-electron chi connectivity index (χ4n) is 2.37. The van der Waals surface area contributed by atoms with E-state index in [1.165, 1.54) is 0 Å². The van der Waals surface area contributed by atoms with E-state index < -0.39 is 0 Å². The van der Waals surface area contributed by atoms with Gasteiger partial charge in [-0.1, -0.05) is 12.1 Å². The molecule has 0 saturated heterocycles. The number of hydrogen-bond donors (Lipinski definition) is 1. The number of para-hydroxylation sites is 1. The smallest absolute Gasteiger partial charge is 0.243 e. The summed E-state index contributed by atoms with van der Waals surface area (Å²) in [6.45, 7) is 10.6. The maximum absolute atomic E-state index is 4.46. The fourth-order valence-corrected chi connectivity index (χ4v) is 2.37. The van der Waals surface area contributed by atoms with Gasteiger partial charge in [0.05, 0.1) is 5.52 Å². The van der Waals surface area contributed by atoms with Crippen LogP contribution in [0.1, 0.15) is 27.7 Å². The predicted octanol–water partition coefficient (Wildman–Crippen LogP) is 2.56. The molecule has 5 heteroatoms. The summed E-state index contributed by atoms with van der Waals surface area (Å²) in [5, 5.41) is 11.5. The zero-order valence-electron chi connectivity index (χ0n) is 12.7. The van der Waals surface area contributed by atoms with E-state index in [0.29, 0.717) is 18.0 Å². The molecule has 0 aliphatic carbocycles. The Morgan fingerprint density at radius 1 is 1.00 bits per heavy atom. The number of nitrogens with one attached hydrogen (secondary N) is 1. The monoisotopic (exact) mass is 273 g/mol. The second kappa shape index (κ2) is 6.61. The Morgan fingerprint density at radius 3 is 2.30 bits per heavy atom. The lowest BCUT2D eigenvalue weighted by atomic mass is 10.2. The molecule has 0 fully saturated rings. The Kier molecular flexibility index (Phi) is 4.84. The van der Waals surface area contributed by atoms with E-state index >= 15 is 0 Å². The minimum absolute atomic E-state index is 0.535. The Morgan fingerprint density at radius 2 is 1.65 bits per heavy atom. The Labute approximate surface area is 120 Å². The van der Waals surface area contributed by atoms with Gasteiger partial charge in [0.2, 0.25) is 5.95 Å². The van der Waals surface area contributed by atoms with Gasteiger partial charge in [0.1, 0.15) is 5.52 Å². The summed E-state index contributed by atoms with van der Waals surface area (Å²) < 4.78 is 0. The third-order valence-corrected chi connectivity index (χ3v) is 3.34. The quantitative estimate of drug-likeness (QED) is 0.876. The van der Waals surface area contributed by atoms with E-state index in [1.807, 2.05) is 24.3 Å². The summed E-state index contributed by atoms with van der Waals surface area (Å²) in [5.74, 6) is 0.594. The molecule has 108 valence electrons. The van der Waals surface area contributed by atoms with Crippen LogP contribution in [0.3, 0.4) is 0 Å². The summed E-state index contributed by atoms with van der Waals surface area (Å²) in [6.07, 6.45) is 0. The van der Waals surface area contributed by atoms with Crippen LogP contribution in [0.15, 0.2) is 24.3 Å². The van der Waals surface area contributed by atoms with Crippen LogP contribution in [0.2, 0.25) is 0 Å². The standard InChI is InChI=1S/C15H23N5/c1-11(2)20(12(3)4)10-9-16-15-17-13-7-5-6-8-14(13)18-19-15/h5-8,11-12H,9-10H2,1-4H3,(H,16,17,19). The van der Waals surface area contributed by atoms with Crippen molar-refractivity contribution in [3.8, 4) is 0 Å². The van der Waals surface area contributed by atoms with Crippen molar-refractivity contribution in [2.45, 2.75) is 39.8 Å². The topological polar surface area (TPSA) is 53.9 Å². The van der Waals surface area contributed by atoms with Crippen LogP contribution in [-0.2, 0) is 0 Å². The first kappa shape index (κ1) is 14.7. The minimum atomic E-state index is 0.535.